The van der Waals surface area contributed by atoms with E-state index in [2.05, 4.69) is 22.8 Å². The second-order valence-corrected chi connectivity index (χ2v) is 6.45. The predicted molar refractivity (Wildman–Crippen MR) is 83.1 cm³/mol. The van der Waals surface area contributed by atoms with Crippen molar-refractivity contribution in [2.75, 3.05) is 13.1 Å². The molecule has 4 heteroatoms. The number of nitriles is 2. The molecule has 0 aliphatic rings. The van der Waals surface area contributed by atoms with Crippen molar-refractivity contribution in [1.82, 2.24) is 10.6 Å². The van der Waals surface area contributed by atoms with Gasteiger partial charge in [-0.3, -0.25) is 10.6 Å². The summed E-state index contributed by atoms with van der Waals surface area (Å²) in [5.74, 6) is 0. The average Bonchev–Trinajstić information content (AvgIpc) is 2.41. The van der Waals surface area contributed by atoms with Crippen molar-refractivity contribution in [2.24, 2.45) is 0 Å². The molecule has 0 rings (SSSR count). The van der Waals surface area contributed by atoms with E-state index >= 15 is 0 Å². The SMILES string of the molecule is CC(C)(C#N)NCCCCCCCCNC(C)(C)C#N. The van der Waals surface area contributed by atoms with Crippen LogP contribution < -0.4 is 10.6 Å². The van der Waals surface area contributed by atoms with Gasteiger partial charge in [0.1, 0.15) is 11.1 Å². The molecule has 0 unspecified atom stereocenters. The normalized spacial score (nSPS) is 11.9. The highest BCUT2D eigenvalue weighted by Gasteiger charge is 2.14. The molecule has 0 atom stereocenters. The third kappa shape index (κ3) is 10.8. The summed E-state index contributed by atoms with van der Waals surface area (Å²) >= 11 is 0. The zero-order valence-corrected chi connectivity index (χ0v) is 13.6. The Labute approximate surface area is 124 Å². The molecule has 0 saturated heterocycles. The Balaban J connectivity index is 3.31. The Morgan fingerprint density at radius 2 is 0.950 bits per heavy atom. The maximum Gasteiger partial charge on any atom is 0.101 e. The van der Waals surface area contributed by atoms with Crippen LogP contribution in [0.25, 0.3) is 0 Å². The van der Waals surface area contributed by atoms with E-state index in [0.717, 1.165) is 25.9 Å². The lowest BCUT2D eigenvalue weighted by Crippen LogP contribution is -2.38. The number of rotatable bonds is 11. The van der Waals surface area contributed by atoms with E-state index in [1.54, 1.807) is 0 Å². The lowest BCUT2D eigenvalue weighted by Gasteiger charge is -2.17. The first kappa shape index (κ1) is 18.9. The Morgan fingerprint density at radius 3 is 1.25 bits per heavy atom. The molecule has 0 fully saturated rings. The molecule has 0 aromatic carbocycles. The molecular weight excluding hydrogens is 248 g/mol. The third-order valence-corrected chi connectivity index (χ3v) is 3.30. The molecule has 0 radical (unpaired) electrons. The van der Waals surface area contributed by atoms with Gasteiger partial charge in [-0.2, -0.15) is 10.5 Å². The van der Waals surface area contributed by atoms with Gasteiger partial charge in [0.05, 0.1) is 12.1 Å². The van der Waals surface area contributed by atoms with E-state index in [4.69, 9.17) is 10.5 Å². The summed E-state index contributed by atoms with van der Waals surface area (Å²) in [7, 11) is 0. The minimum Gasteiger partial charge on any atom is -0.300 e. The highest BCUT2D eigenvalue weighted by molar-refractivity contribution is 5.00. The van der Waals surface area contributed by atoms with E-state index in [-0.39, 0.29) is 0 Å². The lowest BCUT2D eigenvalue weighted by molar-refractivity contribution is 0.455. The third-order valence-electron chi connectivity index (χ3n) is 3.30. The summed E-state index contributed by atoms with van der Waals surface area (Å²) in [5.41, 5.74) is -0.807. The van der Waals surface area contributed by atoms with Gasteiger partial charge >= 0.3 is 0 Å². The fourth-order valence-electron chi connectivity index (χ4n) is 1.84. The maximum absolute atomic E-state index is 8.85. The topological polar surface area (TPSA) is 71.6 Å². The van der Waals surface area contributed by atoms with Crippen LogP contribution in [0, 0.1) is 22.7 Å². The lowest BCUT2D eigenvalue weighted by atomic mass is 10.1. The summed E-state index contributed by atoms with van der Waals surface area (Å²) < 4.78 is 0. The van der Waals surface area contributed by atoms with Crippen molar-refractivity contribution in [3.63, 3.8) is 0 Å². The minimum atomic E-state index is -0.404. The Kier molecular flexibility index (Phi) is 9.21. The second kappa shape index (κ2) is 9.75. The molecule has 0 amide bonds. The van der Waals surface area contributed by atoms with Crippen LogP contribution in [0.15, 0.2) is 0 Å². The van der Waals surface area contributed by atoms with Gasteiger partial charge in [0.15, 0.2) is 0 Å². The van der Waals surface area contributed by atoms with Gasteiger partial charge in [-0.1, -0.05) is 25.7 Å². The van der Waals surface area contributed by atoms with Crippen LogP contribution in [0.1, 0.15) is 66.2 Å². The van der Waals surface area contributed by atoms with Crippen molar-refractivity contribution >= 4 is 0 Å². The molecule has 0 spiro atoms. The van der Waals surface area contributed by atoms with Crippen LogP contribution in [0.5, 0.6) is 0 Å². The van der Waals surface area contributed by atoms with Crippen LogP contribution in [-0.2, 0) is 0 Å². The molecule has 0 saturated carbocycles. The van der Waals surface area contributed by atoms with Gasteiger partial charge in [-0.15, -0.1) is 0 Å². The zero-order chi connectivity index (χ0) is 15.5. The predicted octanol–water partition coefficient (Wildman–Crippen LogP) is 3.11. The quantitative estimate of drug-likeness (QED) is 0.570. The Morgan fingerprint density at radius 1 is 0.650 bits per heavy atom. The molecule has 0 heterocycles. The fraction of sp³-hybridized carbons (Fsp3) is 0.875. The number of hydrogen-bond donors (Lipinski definition) is 2. The molecular formula is C16H30N4. The molecule has 4 nitrogen and oxygen atoms in total. The minimum absolute atomic E-state index is 0.404. The zero-order valence-electron chi connectivity index (χ0n) is 13.6. The van der Waals surface area contributed by atoms with Crippen molar-refractivity contribution < 1.29 is 0 Å². The fourth-order valence-corrected chi connectivity index (χ4v) is 1.84. The molecule has 114 valence electrons. The van der Waals surface area contributed by atoms with Gasteiger partial charge in [0.2, 0.25) is 0 Å². The average molecular weight is 278 g/mol. The standard InChI is InChI=1S/C16H30N4/c1-15(2,13-17)19-11-9-7-5-6-8-10-12-20-16(3,4)14-18/h19-20H,5-12H2,1-4H3. The molecule has 2 N–H and O–H groups in total. The maximum atomic E-state index is 8.85. The summed E-state index contributed by atoms with van der Waals surface area (Å²) in [6, 6.07) is 4.48. The van der Waals surface area contributed by atoms with Gasteiger partial charge in [0.25, 0.3) is 0 Å². The molecule has 0 aliphatic carbocycles. The van der Waals surface area contributed by atoms with Crippen molar-refractivity contribution in [3.05, 3.63) is 0 Å². The van der Waals surface area contributed by atoms with Crippen LogP contribution in [0.2, 0.25) is 0 Å². The van der Waals surface area contributed by atoms with Crippen molar-refractivity contribution in [3.8, 4) is 12.1 Å². The number of unbranched alkanes of at least 4 members (excludes halogenated alkanes) is 5. The molecule has 0 aromatic rings. The number of nitrogens with one attached hydrogen (secondary N) is 2. The van der Waals surface area contributed by atoms with E-state index in [1.165, 1.54) is 25.7 Å². The second-order valence-electron chi connectivity index (χ2n) is 6.45. The van der Waals surface area contributed by atoms with Gasteiger partial charge in [-0.05, 0) is 53.6 Å². The largest absolute Gasteiger partial charge is 0.300 e. The van der Waals surface area contributed by atoms with Gasteiger partial charge in [-0.25, -0.2) is 0 Å². The molecule has 0 aliphatic heterocycles. The summed E-state index contributed by atoms with van der Waals surface area (Å²) in [6.07, 6.45) is 7.18. The van der Waals surface area contributed by atoms with Crippen molar-refractivity contribution in [1.29, 1.82) is 10.5 Å². The van der Waals surface area contributed by atoms with Crippen LogP contribution in [0.4, 0.5) is 0 Å². The molecule has 20 heavy (non-hydrogen) atoms. The summed E-state index contributed by atoms with van der Waals surface area (Å²) in [4.78, 5) is 0. The molecule has 0 bridgehead atoms. The van der Waals surface area contributed by atoms with E-state index < -0.39 is 11.1 Å². The van der Waals surface area contributed by atoms with Crippen LogP contribution in [-0.4, -0.2) is 24.2 Å². The number of hydrogen-bond acceptors (Lipinski definition) is 4. The van der Waals surface area contributed by atoms with E-state index in [9.17, 15) is 0 Å². The Bertz CT molecular complexity index is 299. The van der Waals surface area contributed by atoms with E-state index in [0.29, 0.717) is 0 Å². The van der Waals surface area contributed by atoms with Crippen LogP contribution in [0.3, 0.4) is 0 Å². The highest BCUT2D eigenvalue weighted by atomic mass is 14.9. The molecule has 0 aromatic heterocycles. The first-order chi connectivity index (χ1) is 9.33. The number of nitrogens with zero attached hydrogens (tertiary/aromatic N) is 2. The van der Waals surface area contributed by atoms with Gasteiger partial charge in [0, 0.05) is 0 Å². The summed E-state index contributed by atoms with van der Waals surface area (Å²) in [6.45, 7) is 9.45. The first-order valence-electron chi connectivity index (χ1n) is 7.65. The van der Waals surface area contributed by atoms with Crippen molar-refractivity contribution in [2.45, 2.75) is 77.3 Å². The van der Waals surface area contributed by atoms with E-state index in [1.807, 2.05) is 27.7 Å². The van der Waals surface area contributed by atoms with Gasteiger partial charge < -0.3 is 0 Å². The smallest absolute Gasteiger partial charge is 0.101 e. The first-order valence-corrected chi connectivity index (χ1v) is 7.65. The summed E-state index contributed by atoms with van der Waals surface area (Å²) in [5, 5.41) is 24.2. The highest BCUT2D eigenvalue weighted by Crippen LogP contribution is 2.07. The Hall–Kier alpha value is -1.10. The van der Waals surface area contributed by atoms with Crippen LogP contribution >= 0.6 is 0 Å². The monoisotopic (exact) mass is 278 g/mol.